The van der Waals surface area contributed by atoms with E-state index in [1.165, 1.54) is 0 Å². The van der Waals surface area contributed by atoms with Crippen molar-refractivity contribution in [3.8, 4) is 11.5 Å². The van der Waals surface area contributed by atoms with Crippen LogP contribution in [0.4, 0.5) is 0 Å². The maximum atomic E-state index is 11.6. The highest BCUT2D eigenvalue weighted by Crippen LogP contribution is 2.22. The van der Waals surface area contributed by atoms with Crippen molar-refractivity contribution >= 4 is 33.7 Å². The molecule has 0 unspecified atom stereocenters. The minimum atomic E-state index is -2.92. The molecule has 1 saturated heterocycles. The highest BCUT2D eigenvalue weighted by atomic mass is 35.5. The van der Waals surface area contributed by atoms with E-state index in [4.69, 9.17) is 28.2 Å². The molecule has 1 fully saturated rings. The molecule has 0 aliphatic carbocycles. The van der Waals surface area contributed by atoms with Crippen molar-refractivity contribution in [3.63, 3.8) is 0 Å². The normalized spacial score (nSPS) is 20.2. The van der Waals surface area contributed by atoms with Crippen molar-refractivity contribution in [2.45, 2.75) is 19.1 Å². The van der Waals surface area contributed by atoms with Crippen LogP contribution in [0.2, 0.25) is 5.02 Å². The number of hydrogen-bond donors (Lipinski definition) is 0. The number of rotatable bonds is 4. The number of halogens is 1. The Labute approximate surface area is 144 Å². The molecular formula is C14H16ClN3O3S2. The topological polar surface area (TPSA) is 68.3 Å². The molecule has 124 valence electrons. The third-order valence-corrected chi connectivity index (χ3v) is 6.15. The minimum absolute atomic E-state index is 0.0202. The van der Waals surface area contributed by atoms with Gasteiger partial charge in [-0.15, -0.1) is 5.10 Å². The third kappa shape index (κ3) is 3.82. The van der Waals surface area contributed by atoms with Gasteiger partial charge in [0.1, 0.15) is 0 Å². The molecule has 1 aliphatic heterocycles. The first-order valence-corrected chi connectivity index (χ1v) is 9.69. The predicted octanol–water partition coefficient (Wildman–Crippen LogP) is 2.60. The monoisotopic (exact) mass is 373 g/mol. The van der Waals surface area contributed by atoms with E-state index in [0.717, 1.165) is 5.56 Å². The first-order valence-electron chi connectivity index (χ1n) is 7.08. The van der Waals surface area contributed by atoms with E-state index in [1.807, 2.05) is 24.1 Å². The Morgan fingerprint density at radius 2 is 2.30 bits per heavy atom. The zero-order chi connectivity index (χ0) is 16.6. The van der Waals surface area contributed by atoms with Crippen LogP contribution < -0.4 is 0 Å². The number of aromatic nitrogens is 2. The second-order valence-corrected chi connectivity index (χ2v) is 8.65. The van der Waals surface area contributed by atoms with E-state index in [9.17, 15) is 8.42 Å². The molecule has 9 heteroatoms. The number of benzene rings is 1. The van der Waals surface area contributed by atoms with E-state index >= 15 is 0 Å². The second kappa shape index (κ2) is 6.35. The molecular weight excluding hydrogens is 358 g/mol. The summed E-state index contributed by atoms with van der Waals surface area (Å²) in [5.41, 5.74) is 0.744. The summed E-state index contributed by atoms with van der Waals surface area (Å²) in [4.78, 5) is 2.18. The lowest BCUT2D eigenvalue weighted by Gasteiger charge is -2.22. The van der Waals surface area contributed by atoms with Gasteiger partial charge < -0.3 is 4.42 Å². The van der Waals surface area contributed by atoms with E-state index in [-0.39, 0.29) is 22.4 Å². The van der Waals surface area contributed by atoms with Crippen LogP contribution in [-0.4, -0.2) is 47.7 Å². The van der Waals surface area contributed by atoms with Crippen molar-refractivity contribution in [2.75, 3.05) is 18.6 Å². The summed E-state index contributed by atoms with van der Waals surface area (Å²) in [7, 11) is -1.06. The van der Waals surface area contributed by atoms with Crippen molar-refractivity contribution in [1.82, 2.24) is 14.7 Å². The fraction of sp³-hybridized carbons (Fsp3) is 0.429. The summed E-state index contributed by atoms with van der Waals surface area (Å²) in [6.07, 6.45) is 0.630. The summed E-state index contributed by atoms with van der Waals surface area (Å²) < 4.78 is 30.2. The molecule has 3 rings (SSSR count). The molecule has 0 saturated carbocycles. The molecule has 2 aromatic rings. The number of hydrogen-bond acceptors (Lipinski definition) is 6. The average Bonchev–Trinajstić information content (AvgIpc) is 3.02. The summed E-state index contributed by atoms with van der Waals surface area (Å²) in [6, 6.07) is 7.15. The lowest BCUT2D eigenvalue weighted by molar-refractivity contribution is 0.194. The molecule has 0 N–H and O–H groups in total. The van der Waals surface area contributed by atoms with Crippen LogP contribution in [0.15, 0.2) is 28.7 Å². The average molecular weight is 374 g/mol. The lowest BCUT2D eigenvalue weighted by Crippen LogP contribution is -2.34. The van der Waals surface area contributed by atoms with Crippen LogP contribution in [0, 0.1) is 4.84 Å². The number of sulfone groups is 1. The standard InChI is InChI=1S/C14H16ClN3O3S2/c1-17(12-5-6-23(19,20)8-12)9-18-14(22)21-13(16-18)10-3-2-4-11(15)7-10/h2-4,7,12H,5-6,8-9H2,1H3/t12-/m0/s1. The smallest absolute Gasteiger partial charge is 0.288 e. The van der Waals surface area contributed by atoms with Gasteiger partial charge in [0.15, 0.2) is 9.84 Å². The SMILES string of the molecule is CN(Cn1nc(-c2cccc(Cl)c2)oc1=S)[C@H]1CCS(=O)(=O)C1. The second-order valence-electron chi connectivity index (χ2n) is 5.64. The zero-order valence-corrected chi connectivity index (χ0v) is 14.9. The molecule has 23 heavy (non-hydrogen) atoms. The van der Waals surface area contributed by atoms with E-state index in [2.05, 4.69) is 5.10 Å². The fourth-order valence-corrected chi connectivity index (χ4v) is 4.76. The van der Waals surface area contributed by atoms with Gasteiger partial charge in [0, 0.05) is 16.6 Å². The van der Waals surface area contributed by atoms with Gasteiger partial charge in [0.05, 0.1) is 18.2 Å². The van der Waals surface area contributed by atoms with Gasteiger partial charge in [-0.05, 0) is 43.9 Å². The summed E-state index contributed by atoms with van der Waals surface area (Å²) in [5, 5.41) is 4.95. The van der Waals surface area contributed by atoms with Crippen LogP contribution in [0.1, 0.15) is 6.42 Å². The predicted molar refractivity (Wildman–Crippen MR) is 90.6 cm³/mol. The molecule has 1 aliphatic rings. The van der Waals surface area contributed by atoms with E-state index < -0.39 is 9.84 Å². The van der Waals surface area contributed by atoms with Gasteiger partial charge in [0.2, 0.25) is 5.89 Å². The van der Waals surface area contributed by atoms with Crippen molar-refractivity contribution in [1.29, 1.82) is 0 Å². The highest BCUT2D eigenvalue weighted by Gasteiger charge is 2.30. The first kappa shape index (κ1) is 16.6. The van der Waals surface area contributed by atoms with Gasteiger partial charge in [0.25, 0.3) is 4.84 Å². The maximum absolute atomic E-state index is 11.6. The quantitative estimate of drug-likeness (QED) is 0.767. The Kier molecular flexibility index (Phi) is 4.59. The Morgan fingerprint density at radius 1 is 1.52 bits per heavy atom. The van der Waals surface area contributed by atoms with Crippen LogP contribution in [0.3, 0.4) is 0 Å². The van der Waals surface area contributed by atoms with Crippen LogP contribution in [0.5, 0.6) is 0 Å². The van der Waals surface area contributed by atoms with Gasteiger partial charge in [-0.2, -0.15) is 0 Å². The molecule has 0 bridgehead atoms. The van der Waals surface area contributed by atoms with Crippen molar-refractivity contribution in [2.24, 2.45) is 0 Å². The van der Waals surface area contributed by atoms with Crippen molar-refractivity contribution in [3.05, 3.63) is 34.1 Å². The summed E-state index contributed by atoms with van der Waals surface area (Å²) in [5.74, 6) is 0.806. The fourth-order valence-electron chi connectivity index (χ4n) is 2.58. The van der Waals surface area contributed by atoms with Crippen molar-refractivity contribution < 1.29 is 12.8 Å². The summed E-state index contributed by atoms with van der Waals surface area (Å²) in [6.45, 7) is 0.378. The largest absolute Gasteiger partial charge is 0.409 e. The molecule has 2 heterocycles. The van der Waals surface area contributed by atoms with E-state index in [0.29, 0.717) is 24.0 Å². The molecule has 0 radical (unpaired) electrons. The maximum Gasteiger partial charge on any atom is 0.288 e. The molecule has 1 aromatic carbocycles. The third-order valence-electron chi connectivity index (χ3n) is 3.87. The Bertz CT molecular complexity index is 875. The molecule has 1 atom stereocenters. The number of nitrogens with zero attached hydrogens (tertiary/aromatic N) is 3. The Balaban J connectivity index is 1.78. The molecule has 1 aromatic heterocycles. The van der Waals surface area contributed by atoms with Gasteiger partial charge in [-0.25, -0.2) is 13.1 Å². The van der Waals surface area contributed by atoms with E-state index in [1.54, 1.807) is 16.8 Å². The highest BCUT2D eigenvalue weighted by molar-refractivity contribution is 7.91. The van der Waals surface area contributed by atoms with Crippen LogP contribution in [-0.2, 0) is 16.5 Å². The van der Waals surface area contributed by atoms with Gasteiger partial charge in [-0.3, -0.25) is 4.90 Å². The summed E-state index contributed by atoms with van der Waals surface area (Å²) >= 11 is 11.2. The minimum Gasteiger partial charge on any atom is -0.409 e. The Hall–Kier alpha value is -1.22. The molecule has 0 spiro atoms. The lowest BCUT2D eigenvalue weighted by atomic mass is 10.2. The Morgan fingerprint density at radius 3 is 2.96 bits per heavy atom. The van der Waals surface area contributed by atoms with Gasteiger partial charge >= 0.3 is 0 Å². The van der Waals surface area contributed by atoms with Crippen LogP contribution in [0.25, 0.3) is 11.5 Å². The molecule has 6 nitrogen and oxygen atoms in total. The van der Waals surface area contributed by atoms with Crippen LogP contribution >= 0.6 is 23.8 Å². The van der Waals surface area contributed by atoms with Gasteiger partial charge in [-0.1, -0.05) is 17.7 Å². The first-order chi connectivity index (χ1) is 10.8. The zero-order valence-electron chi connectivity index (χ0n) is 12.5. The molecule has 0 amide bonds.